The Hall–Kier alpha value is -1.02. The Balaban J connectivity index is 1.68. The van der Waals surface area contributed by atoms with Crippen LogP contribution in [0.2, 0.25) is 0 Å². The van der Waals surface area contributed by atoms with Gasteiger partial charge in [-0.1, -0.05) is 19.1 Å². The third-order valence-electron chi connectivity index (χ3n) is 3.78. The van der Waals surface area contributed by atoms with E-state index >= 15 is 0 Å². The number of hydrogen-bond donors (Lipinski definition) is 2. The molecule has 1 aliphatic carbocycles. The smallest absolute Gasteiger partial charge is 0.115 e. The Kier molecular flexibility index (Phi) is 3.72. The zero-order valence-corrected chi connectivity index (χ0v) is 10.9. The van der Waals surface area contributed by atoms with Gasteiger partial charge in [-0.3, -0.25) is 0 Å². The molecule has 2 N–H and O–H groups in total. The van der Waals surface area contributed by atoms with Gasteiger partial charge in [-0.05, 0) is 55.7 Å². The van der Waals surface area contributed by atoms with E-state index in [9.17, 15) is 5.11 Å². The van der Waals surface area contributed by atoms with Crippen LogP contribution in [0.15, 0.2) is 24.3 Å². The molecule has 0 spiro atoms. The largest absolute Gasteiger partial charge is 0.508 e. The van der Waals surface area contributed by atoms with Gasteiger partial charge in [-0.25, -0.2) is 0 Å². The number of phenolic OH excluding ortho intramolecular Hbond substituents is 1. The Morgan fingerprint density at radius 1 is 1.29 bits per heavy atom. The fourth-order valence-electron chi connectivity index (χ4n) is 1.96. The summed E-state index contributed by atoms with van der Waals surface area (Å²) in [6.45, 7) is 5.77. The number of benzene rings is 1. The van der Waals surface area contributed by atoms with E-state index in [2.05, 4.69) is 19.2 Å². The number of phenols is 1. The van der Waals surface area contributed by atoms with Crippen LogP contribution >= 0.6 is 0 Å². The van der Waals surface area contributed by atoms with Crippen LogP contribution < -0.4 is 5.32 Å². The summed E-state index contributed by atoms with van der Waals surface area (Å²) in [5, 5.41) is 12.8. The van der Waals surface area contributed by atoms with Crippen molar-refractivity contribution in [3.8, 4) is 5.75 Å². The number of nitrogens with one attached hydrogen (secondary N) is 1. The maximum Gasteiger partial charge on any atom is 0.115 e. The maximum absolute atomic E-state index is 9.20. The van der Waals surface area contributed by atoms with Gasteiger partial charge >= 0.3 is 0 Å². The predicted molar refractivity (Wildman–Crippen MR) is 71.2 cm³/mol. The molecule has 2 heteroatoms. The normalized spacial score (nSPS) is 18.9. The Bertz CT molecular complexity index is 354. The highest BCUT2D eigenvalue weighted by molar-refractivity contribution is 5.25. The molecule has 1 saturated carbocycles. The third-order valence-corrected chi connectivity index (χ3v) is 3.78. The van der Waals surface area contributed by atoms with Crippen LogP contribution in [0.1, 0.15) is 38.7 Å². The van der Waals surface area contributed by atoms with Crippen molar-refractivity contribution in [1.29, 1.82) is 0 Å². The van der Waals surface area contributed by atoms with E-state index in [0.717, 1.165) is 19.4 Å². The van der Waals surface area contributed by atoms with Gasteiger partial charge in [0.25, 0.3) is 0 Å². The molecule has 0 aromatic heterocycles. The fourth-order valence-corrected chi connectivity index (χ4v) is 1.96. The molecule has 17 heavy (non-hydrogen) atoms. The Morgan fingerprint density at radius 2 is 1.94 bits per heavy atom. The molecule has 0 radical (unpaired) electrons. The second kappa shape index (κ2) is 5.09. The first-order valence-corrected chi connectivity index (χ1v) is 6.59. The molecule has 94 valence electrons. The molecule has 0 heterocycles. The zero-order chi connectivity index (χ0) is 12.3. The fraction of sp³-hybridized carbons (Fsp3) is 0.600. The monoisotopic (exact) mass is 233 g/mol. The van der Waals surface area contributed by atoms with Crippen LogP contribution in [0.4, 0.5) is 0 Å². The summed E-state index contributed by atoms with van der Waals surface area (Å²) in [6.07, 6.45) is 4.99. The maximum atomic E-state index is 9.20. The van der Waals surface area contributed by atoms with Crippen molar-refractivity contribution in [3.63, 3.8) is 0 Å². The van der Waals surface area contributed by atoms with Crippen molar-refractivity contribution >= 4 is 0 Å². The molecule has 1 fully saturated rings. The molecule has 2 nitrogen and oxygen atoms in total. The average molecular weight is 233 g/mol. The lowest BCUT2D eigenvalue weighted by Gasteiger charge is -2.16. The van der Waals surface area contributed by atoms with Gasteiger partial charge in [0.2, 0.25) is 0 Å². The lowest BCUT2D eigenvalue weighted by Crippen LogP contribution is -2.31. The van der Waals surface area contributed by atoms with E-state index in [-0.39, 0.29) is 0 Å². The van der Waals surface area contributed by atoms with Crippen LogP contribution in [0.5, 0.6) is 5.75 Å². The highest BCUT2D eigenvalue weighted by Crippen LogP contribution is 2.44. The van der Waals surface area contributed by atoms with E-state index in [1.807, 2.05) is 12.1 Å². The number of rotatable bonds is 6. The van der Waals surface area contributed by atoms with Crippen molar-refractivity contribution < 1.29 is 5.11 Å². The van der Waals surface area contributed by atoms with Gasteiger partial charge in [-0.2, -0.15) is 0 Å². The lowest BCUT2D eigenvalue weighted by molar-refractivity contribution is 0.434. The minimum Gasteiger partial charge on any atom is -0.508 e. The van der Waals surface area contributed by atoms with Crippen molar-refractivity contribution in [2.75, 3.05) is 6.54 Å². The van der Waals surface area contributed by atoms with Crippen molar-refractivity contribution in [1.82, 2.24) is 5.32 Å². The van der Waals surface area contributed by atoms with Gasteiger partial charge in [0, 0.05) is 12.6 Å². The molecule has 0 amide bonds. The first-order chi connectivity index (χ1) is 8.07. The summed E-state index contributed by atoms with van der Waals surface area (Å²) in [5.41, 5.74) is 1.89. The topological polar surface area (TPSA) is 32.3 Å². The Morgan fingerprint density at radius 3 is 2.53 bits per heavy atom. The summed E-state index contributed by atoms with van der Waals surface area (Å²) in [6, 6.07) is 8.10. The van der Waals surface area contributed by atoms with Crippen molar-refractivity contribution in [3.05, 3.63) is 29.8 Å². The second-order valence-corrected chi connectivity index (χ2v) is 5.80. The van der Waals surface area contributed by atoms with Crippen LogP contribution in [0, 0.1) is 5.41 Å². The van der Waals surface area contributed by atoms with Crippen LogP contribution in [0.25, 0.3) is 0 Å². The third kappa shape index (κ3) is 4.04. The highest BCUT2D eigenvalue weighted by atomic mass is 16.3. The molecule has 2 rings (SSSR count). The minimum absolute atomic E-state index is 0.349. The lowest BCUT2D eigenvalue weighted by atomic mass is 10.0. The highest BCUT2D eigenvalue weighted by Gasteiger charge is 2.36. The van der Waals surface area contributed by atoms with Gasteiger partial charge in [0.1, 0.15) is 5.75 Å². The van der Waals surface area contributed by atoms with Gasteiger partial charge in [0.05, 0.1) is 0 Å². The van der Waals surface area contributed by atoms with Crippen molar-refractivity contribution in [2.24, 2.45) is 5.41 Å². The number of aryl methyl sites for hydroxylation is 1. The summed E-state index contributed by atoms with van der Waals surface area (Å²) in [5.74, 6) is 0.349. The minimum atomic E-state index is 0.349. The quantitative estimate of drug-likeness (QED) is 0.791. The van der Waals surface area contributed by atoms with Gasteiger partial charge in [0.15, 0.2) is 0 Å². The van der Waals surface area contributed by atoms with Crippen LogP contribution in [-0.4, -0.2) is 17.7 Å². The molecular formula is C15H23NO. The molecule has 0 bridgehead atoms. The number of hydrogen-bond acceptors (Lipinski definition) is 2. The zero-order valence-electron chi connectivity index (χ0n) is 10.9. The molecular weight excluding hydrogens is 210 g/mol. The van der Waals surface area contributed by atoms with Gasteiger partial charge < -0.3 is 10.4 Å². The van der Waals surface area contributed by atoms with Crippen LogP contribution in [-0.2, 0) is 6.42 Å². The van der Waals surface area contributed by atoms with E-state index in [4.69, 9.17) is 0 Å². The molecule has 1 unspecified atom stereocenters. The first kappa shape index (κ1) is 12.4. The second-order valence-electron chi connectivity index (χ2n) is 5.80. The Labute approximate surface area is 104 Å². The first-order valence-electron chi connectivity index (χ1n) is 6.59. The summed E-state index contributed by atoms with van der Waals surface area (Å²) in [4.78, 5) is 0. The van der Waals surface area contributed by atoms with E-state index in [0.29, 0.717) is 17.2 Å². The van der Waals surface area contributed by atoms with Crippen LogP contribution in [0.3, 0.4) is 0 Å². The summed E-state index contributed by atoms with van der Waals surface area (Å²) < 4.78 is 0. The molecule has 1 aromatic carbocycles. The SMILES string of the molecule is CC(CCc1ccc(O)cc1)NCC1(C)CC1. The average Bonchev–Trinajstić information content (AvgIpc) is 3.05. The number of aromatic hydroxyl groups is 1. The molecule has 0 aliphatic heterocycles. The van der Waals surface area contributed by atoms with Gasteiger partial charge in [-0.15, -0.1) is 0 Å². The standard InChI is InChI=1S/C15H23NO/c1-12(16-11-15(2)9-10-15)3-4-13-5-7-14(17)8-6-13/h5-8,12,16-17H,3-4,9-11H2,1-2H3. The van der Waals surface area contributed by atoms with E-state index in [1.165, 1.54) is 18.4 Å². The van der Waals surface area contributed by atoms with Crippen molar-refractivity contribution in [2.45, 2.75) is 45.6 Å². The summed E-state index contributed by atoms with van der Waals surface area (Å²) in [7, 11) is 0. The molecule has 1 aliphatic rings. The predicted octanol–water partition coefficient (Wildman–Crippen LogP) is 3.10. The van der Waals surface area contributed by atoms with E-state index < -0.39 is 0 Å². The summed E-state index contributed by atoms with van der Waals surface area (Å²) >= 11 is 0. The molecule has 1 aromatic rings. The molecule has 0 saturated heterocycles. The molecule has 1 atom stereocenters. The van der Waals surface area contributed by atoms with E-state index in [1.54, 1.807) is 12.1 Å².